The van der Waals surface area contributed by atoms with E-state index in [4.69, 9.17) is 49.3 Å². The van der Waals surface area contributed by atoms with Crippen molar-refractivity contribution in [2.45, 2.75) is 50.1 Å². The number of rotatable bonds is 6. The van der Waals surface area contributed by atoms with Gasteiger partial charge in [0.15, 0.2) is 0 Å². The average molecular weight is 889 g/mol. The number of carboxylic acid groups (broad SMARTS) is 4. The van der Waals surface area contributed by atoms with Gasteiger partial charge >= 0.3 is 48.6 Å². The van der Waals surface area contributed by atoms with E-state index in [9.17, 15) is 52.7 Å². The topological polar surface area (TPSA) is 198 Å². The summed E-state index contributed by atoms with van der Waals surface area (Å²) < 4.78 is 135. The highest BCUT2D eigenvalue weighted by Gasteiger charge is 2.40. The molecule has 27 heteroatoms. The van der Waals surface area contributed by atoms with Gasteiger partial charge in [-0.15, -0.1) is 0 Å². The molecule has 60 heavy (non-hydrogen) atoms. The minimum Gasteiger partial charge on any atom is -0.475 e. The smallest absolute Gasteiger partial charge is 0.475 e. The average Bonchev–Trinajstić information content (AvgIpc) is 3.86. The Morgan fingerprint density at radius 2 is 1.18 bits per heavy atom. The molecule has 3 aromatic heterocycles. The van der Waals surface area contributed by atoms with Crippen molar-refractivity contribution in [1.29, 1.82) is 0 Å². The summed E-state index contributed by atoms with van der Waals surface area (Å²) in [6.45, 7) is 8.73. The van der Waals surface area contributed by atoms with Gasteiger partial charge in [-0.25, -0.2) is 24.2 Å². The lowest BCUT2D eigenvalue weighted by atomic mass is 10.1. The van der Waals surface area contributed by atoms with E-state index >= 15 is 0 Å². The molecule has 0 bridgehead atoms. The van der Waals surface area contributed by atoms with Crippen LogP contribution in [0.25, 0.3) is 5.65 Å². The number of aromatic nitrogens is 3. The van der Waals surface area contributed by atoms with Crippen LogP contribution in [-0.4, -0.2) is 146 Å². The standard InChI is InChI=1S/C25H32N6O.4C2HF3O2/c1-2-9-26-21(4-1)17-28-10-11-30(16-20-7-8-20)23(19-28)22-18-31-24(27-22)5-3-6-25(31)29-12-14-32-15-13-29;4*3-2(4,5)1(6)7/h1-6,9,18,20,23H,7-8,10-17,19H2;4*(H,6,7). The molecule has 0 radical (unpaired) electrons. The van der Waals surface area contributed by atoms with Gasteiger partial charge in [0.1, 0.15) is 11.5 Å². The molecule has 1 atom stereocenters. The first-order valence-corrected chi connectivity index (χ1v) is 17.0. The predicted octanol–water partition coefficient (Wildman–Crippen LogP) is 5.37. The van der Waals surface area contributed by atoms with Crippen molar-refractivity contribution in [3.8, 4) is 0 Å². The van der Waals surface area contributed by atoms with Crippen LogP contribution in [-0.2, 0) is 30.5 Å². The summed E-state index contributed by atoms with van der Waals surface area (Å²) in [6.07, 6.45) is -13.4. The quantitative estimate of drug-likeness (QED) is 0.231. The lowest BCUT2D eigenvalue weighted by molar-refractivity contribution is -0.193. The first-order valence-electron chi connectivity index (χ1n) is 17.0. The molecule has 2 aliphatic heterocycles. The monoisotopic (exact) mass is 888 g/mol. The number of ether oxygens (including phenoxy) is 1. The van der Waals surface area contributed by atoms with Crippen LogP contribution in [0.1, 0.15) is 30.3 Å². The molecule has 0 spiro atoms. The Morgan fingerprint density at radius 3 is 1.62 bits per heavy atom. The fourth-order valence-electron chi connectivity index (χ4n) is 5.10. The summed E-state index contributed by atoms with van der Waals surface area (Å²) in [5.74, 6) is -8.93. The third-order valence-corrected chi connectivity index (χ3v) is 8.01. The van der Waals surface area contributed by atoms with E-state index in [1.54, 1.807) is 0 Å². The molecule has 15 nitrogen and oxygen atoms in total. The Kier molecular flexibility index (Phi) is 18.3. The van der Waals surface area contributed by atoms with E-state index in [-0.39, 0.29) is 0 Å². The van der Waals surface area contributed by atoms with Crippen molar-refractivity contribution in [2.24, 2.45) is 5.92 Å². The van der Waals surface area contributed by atoms with Gasteiger partial charge in [-0.1, -0.05) is 12.1 Å². The normalized spacial score (nSPS) is 17.6. The maximum atomic E-state index is 10.6. The first-order chi connectivity index (χ1) is 27.6. The summed E-state index contributed by atoms with van der Waals surface area (Å²) >= 11 is 0. The first kappa shape index (κ1) is 50.7. The van der Waals surface area contributed by atoms with E-state index in [2.05, 4.69) is 60.6 Å². The molecule has 5 heterocycles. The number of carboxylic acids is 4. The minimum absolute atomic E-state index is 0.325. The van der Waals surface area contributed by atoms with E-state index < -0.39 is 48.6 Å². The lowest BCUT2D eigenvalue weighted by Crippen LogP contribution is -2.48. The summed E-state index contributed by atoms with van der Waals surface area (Å²) in [5, 5.41) is 28.5. The fraction of sp³-hybridized carbons (Fsp3) is 0.515. The van der Waals surface area contributed by atoms with Crippen LogP contribution in [0.15, 0.2) is 48.8 Å². The van der Waals surface area contributed by atoms with Crippen molar-refractivity contribution >= 4 is 35.3 Å². The number of pyridine rings is 2. The summed E-state index contributed by atoms with van der Waals surface area (Å²) in [7, 11) is 0. The molecular formula is C33H36F12N6O9. The van der Waals surface area contributed by atoms with Crippen LogP contribution in [0.5, 0.6) is 0 Å². The fourth-order valence-corrected chi connectivity index (χ4v) is 5.10. The van der Waals surface area contributed by atoms with Crippen LogP contribution in [0.4, 0.5) is 58.5 Å². The number of fused-ring (bicyclic) bond motifs is 1. The Labute approximate surface area is 330 Å². The van der Waals surface area contributed by atoms with Gasteiger partial charge in [-0.05, 0) is 43.0 Å². The van der Waals surface area contributed by atoms with E-state index in [0.29, 0.717) is 6.04 Å². The highest BCUT2D eigenvalue weighted by molar-refractivity contribution is 5.74. The van der Waals surface area contributed by atoms with Gasteiger partial charge in [0.2, 0.25) is 0 Å². The van der Waals surface area contributed by atoms with Crippen molar-refractivity contribution in [3.05, 3.63) is 60.2 Å². The Balaban J connectivity index is 0.000000361. The van der Waals surface area contributed by atoms with Crippen molar-refractivity contribution in [1.82, 2.24) is 24.2 Å². The molecule has 336 valence electrons. The number of piperazine rings is 1. The molecule has 0 aromatic carbocycles. The summed E-state index contributed by atoms with van der Waals surface area (Å²) in [6, 6.07) is 13.0. The van der Waals surface area contributed by atoms with Crippen LogP contribution in [0.3, 0.4) is 0 Å². The lowest BCUT2D eigenvalue weighted by Gasteiger charge is -2.40. The molecule has 1 unspecified atom stereocenters. The van der Waals surface area contributed by atoms with Crippen LogP contribution in [0, 0.1) is 5.92 Å². The summed E-state index contributed by atoms with van der Waals surface area (Å²) in [5.41, 5.74) is 3.38. The molecule has 6 rings (SSSR count). The predicted molar refractivity (Wildman–Crippen MR) is 180 cm³/mol. The number of imidazole rings is 1. The number of aliphatic carboxylic acids is 4. The number of nitrogens with zero attached hydrogens (tertiary/aromatic N) is 6. The van der Waals surface area contributed by atoms with E-state index in [1.165, 1.54) is 30.9 Å². The molecule has 2 saturated heterocycles. The van der Waals surface area contributed by atoms with Gasteiger partial charge < -0.3 is 30.1 Å². The number of morpholine rings is 1. The van der Waals surface area contributed by atoms with Crippen molar-refractivity contribution in [3.63, 3.8) is 0 Å². The molecule has 1 aliphatic carbocycles. The zero-order chi connectivity index (χ0) is 45.6. The Morgan fingerprint density at radius 1 is 0.683 bits per heavy atom. The van der Waals surface area contributed by atoms with E-state index in [1.807, 2.05) is 12.3 Å². The SMILES string of the molecule is O=C(O)C(F)(F)F.O=C(O)C(F)(F)F.O=C(O)C(F)(F)F.O=C(O)C(F)(F)F.c1ccc(CN2CCN(CC3CC3)C(c3cn4c(N5CCOCC5)cccc4n3)C2)nc1. The molecule has 4 N–H and O–H groups in total. The zero-order valence-corrected chi connectivity index (χ0v) is 30.6. The van der Waals surface area contributed by atoms with Crippen LogP contribution in [0.2, 0.25) is 0 Å². The maximum absolute atomic E-state index is 10.6. The number of anilines is 1. The van der Waals surface area contributed by atoms with Gasteiger partial charge in [0.25, 0.3) is 0 Å². The molecule has 0 amide bonds. The number of hydrogen-bond donors (Lipinski definition) is 4. The van der Waals surface area contributed by atoms with Crippen LogP contribution < -0.4 is 4.90 Å². The molecule has 3 aliphatic rings. The van der Waals surface area contributed by atoms with Gasteiger partial charge in [-0.2, -0.15) is 52.7 Å². The molecule has 3 fully saturated rings. The van der Waals surface area contributed by atoms with Gasteiger partial charge in [0.05, 0.1) is 30.6 Å². The number of halogens is 12. The van der Waals surface area contributed by atoms with Crippen LogP contribution >= 0.6 is 0 Å². The highest BCUT2D eigenvalue weighted by atomic mass is 19.4. The molecule has 1 saturated carbocycles. The third kappa shape index (κ3) is 17.8. The van der Waals surface area contributed by atoms with E-state index in [0.717, 1.165) is 69.7 Å². The minimum atomic E-state index is -5.08. The largest absolute Gasteiger partial charge is 0.490 e. The highest BCUT2D eigenvalue weighted by Crippen LogP contribution is 2.35. The molecular weight excluding hydrogens is 852 g/mol. The Bertz CT molecular complexity index is 1750. The van der Waals surface area contributed by atoms with Crippen molar-refractivity contribution in [2.75, 3.05) is 57.4 Å². The number of hydrogen-bond acceptors (Lipinski definition) is 10. The number of carbonyl (C=O) groups is 4. The third-order valence-electron chi connectivity index (χ3n) is 8.01. The van der Waals surface area contributed by atoms with Gasteiger partial charge in [0, 0.05) is 58.2 Å². The maximum Gasteiger partial charge on any atom is 0.490 e. The summed E-state index contributed by atoms with van der Waals surface area (Å²) in [4.78, 5) is 52.9. The second-order valence-corrected chi connectivity index (χ2v) is 12.6. The second kappa shape index (κ2) is 21.7. The zero-order valence-electron chi connectivity index (χ0n) is 30.6. The Hall–Kier alpha value is -5.44. The number of alkyl halides is 12. The molecule has 3 aromatic rings. The van der Waals surface area contributed by atoms with Crippen molar-refractivity contribution < 1.29 is 97.0 Å². The van der Waals surface area contributed by atoms with Gasteiger partial charge in [-0.3, -0.25) is 19.2 Å². The second-order valence-electron chi connectivity index (χ2n) is 12.6.